The van der Waals surface area contributed by atoms with Gasteiger partial charge < -0.3 is 19.8 Å². The van der Waals surface area contributed by atoms with Crippen molar-refractivity contribution in [3.8, 4) is 11.1 Å². The fourth-order valence-electron chi connectivity index (χ4n) is 5.72. The largest absolute Gasteiger partial charge is 0.351 e. The van der Waals surface area contributed by atoms with Gasteiger partial charge in [0.1, 0.15) is 17.0 Å². The van der Waals surface area contributed by atoms with Crippen LogP contribution in [0.25, 0.3) is 33.2 Å². The Morgan fingerprint density at radius 1 is 1.08 bits per heavy atom. The highest BCUT2D eigenvalue weighted by molar-refractivity contribution is 5.96. The molecule has 0 radical (unpaired) electrons. The monoisotopic (exact) mass is 497 g/mol. The van der Waals surface area contributed by atoms with Crippen LogP contribution in [-0.4, -0.2) is 61.5 Å². The molecular formula is C26H30F3N7. The van der Waals surface area contributed by atoms with E-state index < -0.39 is 5.92 Å². The molecule has 0 atom stereocenters. The van der Waals surface area contributed by atoms with E-state index in [0.717, 1.165) is 53.8 Å². The van der Waals surface area contributed by atoms with Gasteiger partial charge in [-0.1, -0.05) is 0 Å². The molecule has 2 N–H and O–H groups in total. The molecule has 3 aromatic heterocycles. The zero-order valence-corrected chi connectivity index (χ0v) is 20.5. The summed E-state index contributed by atoms with van der Waals surface area (Å²) in [7, 11) is 2.13. The van der Waals surface area contributed by atoms with Crippen molar-refractivity contribution in [1.29, 1.82) is 0 Å². The number of aromatic amines is 1. The van der Waals surface area contributed by atoms with E-state index in [-0.39, 0.29) is 24.7 Å². The Bertz CT molecular complexity index is 1410. The third kappa shape index (κ3) is 4.21. The number of nitrogens with one attached hydrogen (secondary N) is 2. The predicted molar refractivity (Wildman–Crippen MR) is 134 cm³/mol. The van der Waals surface area contributed by atoms with Gasteiger partial charge in [-0.25, -0.2) is 23.1 Å². The maximum atomic E-state index is 15.3. The summed E-state index contributed by atoms with van der Waals surface area (Å²) in [5.41, 5.74) is 3.36. The second kappa shape index (κ2) is 8.76. The molecule has 0 unspecified atom stereocenters. The van der Waals surface area contributed by atoms with Crippen LogP contribution in [-0.2, 0) is 0 Å². The molecule has 10 heteroatoms. The van der Waals surface area contributed by atoms with Gasteiger partial charge in [-0.3, -0.25) is 0 Å². The van der Waals surface area contributed by atoms with Crippen LogP contribution in [0, 0.1) is 12.7 Å². The lowest BCUT2D eigenvalue weighted by Gasteiger charge is -2.30. The Labute approximate surface area is 207 Å². The van der Waals surface area contributed by atoms with Crippen LogP contribution in [0.15, 0.2) is 24.5 Å². The maximum Gasteiger partial charge on any atom is 0.248 e. The van der Waals surface area contributed by atoms with Gasteiger partial charge in [0.25, 0.3) is 0 Å². The minimum absolute atomic E-state index is 0.0730. The van der Waals surface area contributed by atoms with Gasteiger partial charge in [0.2, 0.25) is 11.9 Å². The summed E-state index contributed by atoms with van der Waals surface area (Å²) in [6.45, 7) is 3.95. The van der Waals surface area contributed by atoms with Crippen molar-refractivity contribution < 1.29 is 13.2 Å². The number of benzene rings is 1. The topological polar surface area (TPSA) is 74.7 Å². The molecule has 7 nitrogen and oxygen atoms in total. The maximum absolute atomic E-state index is 15.3. The molecule has 36 heavy (non-hydrogen) atoms. The van der Waals surface area contributed by atoms with E-state index in [1.54, 1.807) is 6.20 Å². The number of hydrogen-bond acceptors (Lipinski definition) is 5. The minimum atomic E-state index is -2.57. The minimum Gasteiger partial charge on any atom is -0.351 e. The summed E-state index contributed by atoms with van der Waals surface area (Å²) < 4.78 is 44.4. The van der Waals surface area contributed by atoms with E-state index in [1.807, 2.05) is 19.2 Å². The summed E-state index contributed by atoms with van der Waals surface area (Å²) in [6.07, 6.45) is 6.04. The Morgan fingerprint density at radius 3 is 2.58 bits per heavy atom. The number of piperidine rings is 1. The molecule has 6 rings (SSSR count). The van der Waals surface area contributed by atoms with Crippen LogP contribution in [0.3, 0.4) is 0 Å². The van der Waals surface area contributed by atoms with E-state index in [2.05, 4.69) is 41.8 Å². The Hall–Kier alpha value is -3.14. The lowest BCUT2D eigenvalue weighted by atomic mass is 9.92. The molecule has 4 aromatic rings. The summed E-state index contributed by atoms with van der Waals surface area (Å²) in [6, 6.07) is 3.75. The molecule has 0 amide bonds. The number of hydrogen-bond donors (Lipinski definition) is 2. The summed E-state index contributed by atoms with van der Waals surface area (Å²) in [5, 5.41) is 3.97. The number of imidazole rings is 1. The van der Waals surface area contributed by atoms with Crippen molar-refractivity contribution >= 4 is 28.0 Å². The number of nitrogens with zero attached hydrogens (tertiary/aromatic N) is 5. The van der Waals surface area contributed by atoms with Crippen LogP contribution in [0.5, 0.6) is 0 Å². The van der Waals surface area contributed by atoms with E-state index in [4.69, 9.17) is 0 Å². The normalized spacial score (nSPS) is 19.9. The fourth-order valence-corrected chi connectivity index (χ4v) is 5.72. The van der Waals surface area contributed by atoms with Crippen molar-refractivity contribution in [2.75, 3.05) is 25.5 Å². The molecule has 0 spiro atoms. The molecule has 1 saturated heterocycles. The predicted octanol–water partition coefficient (Wildman–Crippen LogP) is 5.68. The van der Waals surface area contributed by atoms with Crippen molar-refractivity contribution in [3.05, 3.63) is 36.2 Å². The summed E-state index contributed by atoms with van der Waals surface area (Å²) in [5.74, 6) is -1.69. The zero-order chi connectivity index (χ0) is 25.0. The first-order valence-corrected chi connectivity index (χ1v) is 12.6. The first-order valence-electron chi connectivity index (χ1n) is 12.6. The average Bonchev–Trinajstić information content (AvgIpc) is 3.42. The highest BCUT2D eigenvalue weighted by atomic mass is 19.3. The van der Waals surface area contributed by atoms with Crippen molar-refractivity contribution in [3.63, 3.8) is 0 Å². The number of halogens is 3. The van der Waals surface area contributed by atoms with Crippen LogP contribution in [0.1, 0.15) is 50.4 Å². The van der Waals surface area contributed by atoms with Crippen molar-refractivity contribution in [2.24, 2.45) is 0 Å². The SMILES string of the molecule is Cc1nc2c(F)cc(-c3c[nH]c4nc(NC5CCC(F)(F)CC5)ncc34)cc2n1C1CCN(C)CC1. The molecule has 1 aliphatic carbocycles. The number of aromatic nitrogens is 5. The quantitative estimate of drug-likeness (QED) is 0.380. The standard InChI is InChI=1S/C26H30F3N7/c1-15-32-23-21(27)11-16(12-22(23)36(15)18-5-9-35(2)10-6-18)19-13-30-24-20(19)14-31-25(34-24)33-17-3-7-26(28,29)8-4-17/h11-14,17-18H,3-10H2,1-2H3,(H2,30,31,33,34). The summed E-state index contributed by atoms with van der Waals surface area (Å²) >= 11 is 0. The second-order valence-corrected chi connectivity index (χ2v) is 10.3. The van der Waals surface area contributed by atoms with Crippen LogP contribution < -0.4 is 5.32 Å². The number of anilines is 1. The molecule has 2 fully saturated rings. The molecule has 1 aliphatic heterocycles. The lowest BCUT2D eigenvalue weighted by molar-refractivity contribution is -0.0361. The number of rotatable bonds is 4. The smallest absolute Gasteiger partial charge is 0.248 e. The summed E-state index contributed by atoms with van der Waals surface area (Å²) in [4.78, 5) is 19.0. The molecule has 1 saturated carbocycles. The van der Waals surface area contributed by atoms with E-state index in [9.17, 15) is 8.78 Å². The van der Waals surface area contributed by atoms with Crippen molar-refractivity contribution in [2.45, 2.75) is 63.5 Å². The molecule has 0 bridgehead atoms. The van der Waals surface area contributed by atoms with Gasteiger partial charge in [-0.2, -0.15) is 4.98 Å². The fraction of sp³-hybridized carbons (Fsp3) is 0.500. The number of likely N-dealkylation sites (tertiary alicyclic amines) is 1. The third-order valence-corrected chi connectivity index (χ3v) is 7.77. The van der Waals surface area contributed by atoms with Crippen molar-refractivity contribution in [1.82, 2.24) is 29.4 Å². The molecule has 2 aliphatic rings. The van der Waals surface area contributed by atoms with E-state index in [0.29, 0.717) is 36.0 Å². The lowest BCUT2D eigenvalue weighted by Crippen LogP contribution is -2.32. The van der Waals surface area contributed by atoms with Gasteiger partial charge in [0.15, 0.2) is 5.82 Å². The number of fused-ring (bicyclic) bond motifs is 2. The zero-order valence-electron chi connectivity index (χ0n) is 20.5. The Morgan fingerprint density at radius 2 is 1.83 bits per heavy atom. The highest BCUT2D eigenvalue weighted by Gasteiger charge is 2.35. The van der Waals surface area contributed by atoms with E-state index >= 15 is 4.39 Å². The molecular weight excluding hydrogens is 467 g/mol. The number of aryl methyl sites for hydroxylation is 1. The van der Waals surface area contributed by atoms with Gasteiger partial charge in [0.05, 0.1) is 5.52 Å². The molecule has 4 heterocycles. The van der Waals surface area contributed by atoms with Gasteiger partial charge in [0, 0.05) is 48.3 Å². The van der Waals surface area contributed by atoms with Gasteiger partial charge in [-0.15, -0.1) is 0 Å². The van der Waals surface area contributed by atoms with Crippen LogP contribution >= 0.6 is 0 Å². The highest BCUT2D eigenvalue weighted by Crippen LogP contribution is 2.36. The number of alkyl halides is 2. The molecule has 1 aromatic carbocycles. The Balaban J connectivity index is 1.32. The third-order valence-electron chi connectivity index (χ3n) is 7.77. The second-order valence-electron chi connectivity index (χ2n) is 10.3. The van der Waals surface area contributed by atoms with Gasteiger partial charge >= 0.3 is 0 Å². The van der Waals surface area contributed by atoms with Crippen LogP contribution in [0.4, 0.5) is 19.1 Å². The number of H-pyrrole nitrogens is 1. The average molecular weight is 498 g/mol. The first kappa shape index (κ1) is 23.3. The molecule has 190 valence electrons. The first-order chi connectivity index (χ1) is 17.3. The Kier molecular flexibility index (Phi) is 5.66. The van der Waals surface area contributed by atoms with E-state index in [1.165, 1.54) is 6.07 Å². The van der Waals surface area contributed by atoms with Crippen LogP contribution in [0.2, 0.25) is 0 Å². The van der Waals surface area contributed by atoms with Gasteiger partial charge in [-0.05, 0) is 70.4 Å².